The van der Waals surface area contributed by atoms with Crippen molar-refractivity contribution in [2.75, 3.05) is 13.1 Å². The highest BCUT2D eigenvalue weighted by Crippen LogP contribution is 2.15. The van der Waals surface area contributed by atoms with Crippen molar-refractivity contribution >= 4 is 5.91 Å². The summed E-state index contributed by atoms with van der Waals surface area (Å²) in [5.41, 5.74) is 7.89. The quantitative estimate of drug-likeness (QED) is 0.658. The number of rotatable bonds is 3. The summed E-state index contributed by atoms with van der Waals surface area (Å²) in [5.74, 6) is 0.0416. The average Bonchev–Trinajstić information content (AvgIpc) is 2.35. The first-order valence-electron chi connectivity index (χ1n) is 5.59. The maximum Gasteiger partial charge on any atom is 0.237 e. The molecule has 4 N–H and O–H groups in total. The standard InChI is InChI=1S/C12H17N3O/c13-5-6-14-12(16)11-7-9-3-1-2-4-10(9)8-15-11/h1-4,11,15H,5-8,13H2,(H,14,16). The smallest absolute Gasteiger partial charge is 0.237 e. The normalized spacial score (nSPS) is 18.9. The third-order valence-corrected chi connectivity index (χ3v) is 2.84. The Hall–Kier alpha value is -1.39. The fraction of sp³-hybridized carbons (Fsp3) is 0.417. The molecule has 1 heterocycles. The van der Waals surface area contributed by atoms with Crippen molar-refractivity contribution < 1.29 is 4.79 Å². The number of nitrogens with two attached hydrogens (primary N) is 1. The summed E-state index contributed by atoms with van der Waals surface area (Å²) < 4.78 is 0. The van der Waals surface area contributed by atoms with Crippen LogP contribution in [0.2, 0.25) is 0 Å². The van der Waals surface area contributed by atoms with Gasteiger partial charge in [0.2, 0.25) is 5.91 Å². The molecule has 1 aromatic carbocycles. The largest absolute Gasteiger partial charge is 0.353 e. The molecule has 1 aliphatic rings. The molecule has 0 saturated carbocycles. The van der Waals surface area contributed by atoms with Gasteiger partial charge in [0.05, 0.1) is 6.04 Å². The second-order valence-corrected chi connectivity index (χ2v) is 3.99. The minimum atomic E-state index is -0.124. The number of hydrogen-bond acceptors (Lipinski definition) is 3. The van der Waals surface area contributed by atoms with Gasteiger partial charge in [-0.1, -0.05) is 24.3 Å². The lowest BCUT2D eigenvalue weighted by Gasteiger charge is -2.25. The predicted molar refractivity (Wildman–Crippen MR) is 62.8 cm³/mol. The van der Waals surface area contributed by atoms with Crippen molar-refractivity contribution in [1.82, 2.24) is 10.6 Å². The molecule has 0 spiro atoms. The summed E-state index contributed by atoms with van der Waals surface area (Å²) >= 11 is 0. The Balaban J connectivity index is 1.99. The van der Waals surface area contributed by atoms with Gasteiger partial charge in [0.1, 0.15) is 0 Å². The van der Waals surface area contributed by atoms with E-state index >= 15 is 0 Å². The Labute approximate surface area is 95.2 Å². The molecule has 4 nitrogen and oxygen atoms in total. The molecule has 0 aromatic heterocycles. The van der Waals surface area contributed by atoms with Gasteiger partial charge in [-0.2, -0.15) is 0 Å². The molecular weight excluding hydrogens is 202 g/mol. The van der Waals surface area contributed by atoms with Crippen LogP contribution in [-0.2, 0) is 17.8 Å². The second-order valence-electron chi connectivity index (χ2n) is 3.99. The van der Waals surface area contributed by atoms with Crippen molar-refractivity contribution in [1.29, 1.82) is 0 Å². The van der Waals surface area contributed by atoms with E-state index in [2.05, 4.69) is 22.8 Å². The lowest BCUT2D eigenvalue weighted by Crippen LogP contribution is -2.48. The van der Waals surface area contributed by atoms with Crippen molar-refractivity contribution in [2.45, 2.75) is 19.0 Å². The van der Waals surface area contributed by atoms with Gasteiger partial charge in [0, 0.05) is 19.6 Å². The second kappa shape index (κ2) is 5.09. The summed E-state index contributed by atoms with van der Waals surface area (Å²) in [6, 6.07) is 8.09. The highest BCUT2D eigenvalue weighted by Gasteiger charge is 2.23. The van der Waals surface area contributed by atoms with Crippen LogP contribution < -0.4 is 16.4 Å². The van der Waals surface area contributed by atoms with Gasteiger partial charge in [-0.15, -0.1) is 0 Å². The molecule has 4 heteroatoms. The first kappa shape index (κ1) is 11.1. The van der Waals surface area contributed by atoms with Crippen LogP contribution in [0, 0.1) is 0 Å². The Morgan fingerprint density at radius 3 is 2.94 bits per heavy atom. The number of hydrogen-bond donors (Lipinski definition) is 3. The molecule has 1 atom stereocenters. The highest BCUT2D eigenvalue weighted by molar-refractivity contribution is 5.82. The van der Waals surface area contributed by atoms with Crippen LogP contribution in [0.1, 0.15) is 11.1 Å². The fourth-order valence-electron chi connectivity index (χ4n) is 1.96. The van der Waals surface area contributed by atoms with Crippen molar-refractivity contribution in [3.63, 3.8) is 0 Å². The molecule has 86 valence electrons. The van der Waals surface area contributed by atoms with E-state index in [0.717, 1.165) is 13.0 Å². The van der Waals surface area contributed by atoms with Crippen molar-refractivity contribution in [2.24, 2.45) is 5.73 Å². The summed E-state index contributed by atoms with van der Waals surface area (Å²) in [4.78, 5) is 11.7. The number of carbonyl (C=O) groups excluding carboxylic acids is 1. The van der Waals surface area contributed by atoms with Gasteiger partial charge < -0.3 is 16.4 Å². The Morgan fingerprint density at radius 1 is 1.44 bits per heavy atom. The maximum atomic E-state index is 11.7. The lowest BCUT2D eigenvalue weighted by molar-refractivity contribution is -0.123. The molecular formula is C12H17N3O. The molecule has 0 fully saturated rings. The minimum Gasteiger partial charge on any atom is -0.353 e. The van der Waals surface area contributed by atoms with Crippen molar-refractivity contribution in [3.05, 3.63) is 35.4 Å². The maximum absolute atomic E-state index is 11.7. The Kier molecular flexibility index (Phi) is 3.54. The van der Waals surface area contributed by atoms with Crippen LogP contribution in [0.4, 0.5) is 0 Å². The van der Waals surface area contributed by atoms with E-state index in [-0.39, 0.29) is 11.9 Å². The minimum absolute atomic E-state index is 0.0416. The summed E-state index contributed by atoms with van der Waals surface area (Å²) in [6.45, 7) is 1.78. The number of amides is 1. The molecule has 1 amide bonds. The number of carbonyl (C=O) groups is 1. The summed E-state index contributed by atoms with van der Waals surface area (Å²) in [6.07, 6.45) is 0.757. The molecule has 16 heavy (non-hydrogen) atoms. The predicted octanol–water partition coefficient (Wildman–Crippen LogP) is -0.224. The van der Waals surface area contributed by atoms with E-state index in [1.807, 2.05) is 12.1 Å². The van der Waals surface area contributed by atoms with E-state index < -0.39 is 0 Å². The van der Waals surface area contributed by atoms with Gasteiger partial charge in [-0.25, -0.2) is 0 Å². The van der Waals surface area contributed by atoms with Crippen molar-refractivity contribution in [3.8, 4) is 0 Å². The molecule has 2 rings (SSSR count). The first-order valence-corrected chi connectivity index (χ1v) is 5.59. The number of fused-ring (bicyclic) bond motifs is 1. The summed E-state index contributed by atoms with van der Waals surface area (Å²) in [7, 11) is 0. The zero-order valence-corrected chi connectivity index (χ0v) is 9.20. The Bertz CT molecular complexity index is 378. The van der Waals surface area contributed by atoms with Gasteiger partial charge in [0.25, 0.3) is 0 Å². The third-order valence-electron chi connectivity index (χ3n) is 2.84. The zero-order valence-electron chi connectivity index (χ0n) is 9.20. The summed E-state index contributed by atoms with van der Waals surface area (Å²) in [5, 5.41) is 6.04. The molecule has 1 unspecified atom stereocenters. The van der Waals surface area contributed by atoms with E-state index in [0.29, 0.717) is 13.1 Å². The first-order chi connectivity index (χ1) is 7.81. The Morgan fingerprint density at radius 2 is 2.19 bits per heavy atom. The topological polar surface area (TPSA) is 67.1 Å². The van der Waals surface area contributed by atoms with Gasteiger partial charge >= 0.3 is 0 Å². The molecule has 1 aromatic rings. The van der Waals surface area contributed by atoms with E-state index in [1.165, 1.54) is 11.1 Å². The third kappa shape index (κ3) is 2.40. The average molecular weight is 219 g/mol. The number of nitrogens with one attached hydrogen (secondary N) is 2. The fourth-order valence-corrected chi connectivity index (χ4v) is 1.96. The van der Waals surface area contributed by atoms with Crippen LogP contribution in [0.15, 0.2) is 24.3 Å². The lowest BCUT2D eigenvalue weighted by atomic mass is 9.95. The van der Waals surface area contributed by atoms with E-state index in [4.69, 9.17) is 5.73 Å². The van der Waals surface area contributed by atoms with E-state index in [9.17, 15) is 4.79 Å². The van der Waals surface area contributed by atoms with Crippen LogP contribution >= 0.6 is 0 Å². The van der Waals surface area contributed by atoms with Crippen LogP contribution in [0.3, 0.4) is 0 Å². The highest BCUT2D eigenvalue weighted by atomic mass is 16.2. The van der Waals surface area contributed by atoms with Gasteiger partial charge in [0.15, 0.2) is 0 Å². The van der Waals surface area contributed by atoms with Crippen LogP contribution in [-0.4, -0.2) is 25.0 Å². The van der Waals surface area contributed by atoms with Gasteiger partial charge in [-0.05, 0) is 17.5 Å². The molecule has 1 aliphatic heterocycles. The van der Waals surface area contributed by atoms with Gasteiger partial charge in [-0.3, -0.25) is 4.79 Å². The molecule has 0 radical (unpaired) electrons. The van der Waals surface area contributed by atoms with E-state index in [1.54, 1.807) is 0 Å². The zero-order chi connectivity index (χ0) is 11.4. The number of benzene rings is 1. The van der Waals surface area contributed by atoms with Crippen LogP contribution in [0.25, 0.3) is 0 Å². The molecule has 0 aliphatic carbocycles. The molecule has 0 bridgehead atoms. The SMILES string of the molecule is NCCNC(=O)C1Cc2ccccc2CN1. The monoisotopic (exact) mass is 219 g/mol. The van der Waals surface area contributed by atoms with Crippen LogP contribution in [0.5, 0.6) is 0 Å². The molecule has 0 saturated heterocycles.